The summed E-state index contributed by atoms with van der Waals surface area (Å²) in [6.45, 7) is 5.11. The fourth-order valence-electron chi connectivity index (χ4n) is 3.10. The predicted molar refractivity (Wildman–Crippen MR) is 93.9 cm³/mol. The van der Waals surface area contributed by atoms with Crippen LogP contribution < -0.4 is 4.74 Å². The van der Waals surface area contributed by atoms with E-state index in [9.17, 15) is 9.59 Å². The number of piperidine rings is 1. The van der Waals surface area contributed by atoms with Gasteiger partial charge in [-0.15, -0.1) is 0 Å². The smallest absolute Gasteiger partial charge is 0.263 e. The topological polar surface area (TPSA) is 49.9 Å². The molecule has 0 spiro atoms. The van der Waals surface area contributed by atoms with Gasteiger partial charge < -0.3 is 14.5 Å². The first-order chi connectivity index (χ1) is 11.4. The fourth-order valence-corrected chi connectivity index (χ4v) is 3.10. The molecule has 2 atom stereocenters. The van der Waals surface area contributed by atoms with Crippen LogP contribution in [-0.2, 0) is 9.59 Å². The van der Waals surface area contributed by atoms with Crippen molar-refractivity contribution < 1.29 is 14.3 Å². The van der Waals surface area contributed by atoms with E-state index in [-0.39, 0.29) is 17.7 Å². The van der Waals surface area contributed by atoms with E-state index in [2.05, 4.69) is 0 Å². The highest BCUT2D eigenvalue weighted by atomic mass is 16.5. The maximum absolute atomic E-state index is 12.9. The number of carbonyl (C=O) groups excluding carboxylic acids is 2. The lowest BCUT2D eigenvalue weighted by Crippen LogP contribution is -2.49. The second-order valence-corrected chi connectivity index (χ2v) is 6.64. The van der Waals surface area contributed by atoms with Crippen molar-refractivity contribution in [1.29, 1.82) is 0 Å². The first-order valence-corrected chi connectivity index (χ1v) is 8.66. The molecule has 0 radical (unpaired) electrons. The van der Waals surface area contributed by atoms with E-state index in [1.54, 1.807) is 23.9 Å². The molecule has 1 aliphatic heterocycles. The minimum Gasteiger partial charge on any atom is -0.480 e. The molecule has 0 bridgehead atoms. The SMILES string of the molecule is CCC(Oc1ccccc1C)C(=O)N1CCCC(C(=O)N(C)C)C1. The highest BCUT2D eigenvalue weighted by Gasteiger charge is 2.32. The van der Waals surface area contributed by atoms with Gasteiger partial charge in [-0.05, 0) is 37.8 Å². The number of likely N-dealkylation sites (tertiary alicyclic amines) is 1. The zero-order chi connectivity index (χ0) is 17.7. The van der Waals surface area contributed by atoms with Gasteiger partial charge in [0.2, 0.25) is 5.91 Å². The molecule has 1 fully saturated rings. The highest BCUT2D eigenvalue weighted by Crippen LogP contribution is 2.23. The van der Waals surface area contributed by atoms with Crippen LogP contribution >= 0.6 is 0 Å². The number of benzene rings is 1. The molecule has 0 N–H and O–H groups in total. The Balaban J connectivity index is 2.05. The predicted octanol–water partition coefficient (Wildman–Crippen LogP) is 2.48. The van der Waals surface area contributed by atoms with Gasteiger partial charge in [-0.2, -0.15) is 0 Å². The van der Waals surface area contributed by atoms with Crippen LogP contribution in [0.2, 0.25) is 0 Å². The van der Waals surface area contributed by atoms with Crippen LogP contribution in [0.3, 0.4) is 0 Å². The van der Waals surface area contributed by atoms with E-state index in [0.717, 1.165) is 24.2 Å². The molecule has 132 valence electrons. The van der Waals surface area contributed by atoms with Crippen molar-refractivity contribution in [2.24, 2.45) is 5.92 Å². The summed E-state index contributed by atoms with van der Waals surface area (Å²) in [5, 5.41) is 0. The van der Waals surface area contributed by atoms with E-state index in [0.29, 0.717) is 19.5 Å². The second-order valence-electron chi connectivity index (χ2n) is 6.64. The number of hydrogen-bond donors (Lipinski definition) is 0. The van der Waals surface area contributed by atoms with Crippen LogP contribution in [-0.4, -0.2) is 54.9 Å². The van der Waals surface area contributed by atoms with Crippen molar-refractivity contribution in [3.05, 3.63) is 29.8 Å². The maximum Gasteiger partial charge on any atom is 0.263 e. The summed E-state index contributed by atoms with van der Waals surface area (Å²) < 4.78 is 5.97. The van der Waals surface area contributed by atoms with Crippen LogP contribution in [0.25, 0.3) is 0 Å². The summed E-state index contributed by atoms with van der Waals surface area (Å²) in [6.07, 6.45) is 1.81. The fraction of sp³-hybridized carbons (Fsp3) is 0.579. The van der Waals surface area contributed by atoms with Crippen molar-refractivity contribution in [2.45, 2.75) is 39.2 Å². The largest absolute Gasteiger partial charge is 0.480 e. The van der Waals surface area contributed by atoms with Crippen molar-refractivity contribution in [1.82, 2.24) is 9.80 Å². The molecule has 1 aromatic rings. The first-order valence-electron chi connectivity index (χ1n) is 8.66. The van der Waals surface area contributed by atoms with Gasteiger partial charge in [-0.3, -0.25) is 9.59 Å². The lowest BCUT2D eigenvalue weighted by Gasteiger charge is -2.35. The molecule has 0 aromatic heterocycles. The second kappa shape index (κ2) is 8.18. The number of para-hydroxylation sites is 1. The Morgan fingerprint density at radius 1 is 1.33 bits per heavy atom. The average molecular weight is 332 g/mol. The number of carbonyl (C=O) groups is 2. The van der Waals surface area contributed by atoms with Crippen LogP contribution in [0.5, 0.6) is 5.75 Å². The molecule has 1 saturated heterocycles. The maximum atomic E-state index is 12.9. The van der Waals surface area contributed by atoms with Gasteiger partial charge >= 0.3 is 0 Å². The Morgan fingerprint density at radius 3 is 2.67 bits per heavy atom. The molecular weight excluding hydrogens is 304 g/mol. The average Bonchev–Trinajstić information content (AvgIpc) is 2.59. The van der Waals surface area contributed by atoms with E-state index in [1.165, 1.54) is 0 Å². The number of aryl methyl sites for hydroxylation is 1. The van der Waals surface area contributed by atoms with Crippen LogP contribution in [0.15, 0.2) is 24.3 Å². The van der Waals surface area contributed by atoms with Gasteiger partial charge in [0.15, 0.2) is 6.10 Å². The van der Waals surface area contributed by atoms with Crippen molar-refractivity contribution >= 4 is 11.8 Å². The molecule has 2 unspecified atom stereocenters. The Morgan fingerprint density at radius 2 is 2.04 bits per heavy atom. The van der Waals surface area contributed by atoms with Gasteiger partial charge in [0, 0.05) is 27.2 Å². The van der Waals surface area contributed by atoms with E-state index < -0.39 is 6.10 Å². The van der Waals surface area contributed by atoms with Gasteiger partial charge in [0.25, 0.3) is 5.91 Å². The van der Waals surface area contributed by atoms with Gasteiger partial charge in [-0.25, -0.2) is 0 Å². The zero-order valence-corrected chi connectivity index (χ0v) is 15.1. The quantitative estimate of drug-likeness (QED) is 0.832. The minimum atomic E-state index is -0.501. The zero-order valence-electron chi connectivity index (χ0n) is 15.1. The van der Waals surface area contributed by atoms with E-state index >= 15 is 0 Å². The third-order valence-electron chi connectivity index (χ3n) is 4.53. The standard InChI is InChI=1S/C19H28N2O3/c1-5-16(24-17-11-7-6-9-14(17)2)19(23)21-12-8-10-15(13-21)18(22)20(3)4/h6-7,9,11,15-16H,5,8,10,12-13H2,1-4H3. The van der Waals surface area contributed by atoms with Crippen LogP contribution in [0, 0.1) is 12.8 Å². The Kier molecular flexibility index (Phi) is 6.23. The highest BCUT2D eigenvalue weighted by molar-refractivity contribution is 5.83. The number of nitrogens with zero attached hydrogens (tertiary/aromatic N) is 2. The molecule has 1 aliphatic rings. The molecule has 24 heavy (non-hydrogen) atoms. The number of amides is 2. The van der Waals surface area contributed by atoms with Crippen molar-refractivity contribution in [2.75, 3.05) is 27.2 Å². The lowest BCUT2D eigenvalue weighted by atomic mass is 9.96. The number of rotatable bonds is 5. The van der Waals surface area contributed by atoms with Crippen LogP contribution in [0.1, 0.15) is 31.7 Å². The summed E-state index contributed by atoms with van der Waals surface area (Å²) in [4.78, 5) is 28.5. The lowest BCUT2D eigenvalue weighted by molar-refractivity contribution is -0.144. The van der Waals surface area contributed by atoms with E-state index in [1.807, 2.05) is 38.1 Å². The summed E-state index contributed by atoms with van der Waals surface area (Å²) in [7, 11) is 3.53. The Hall–Kier alpha value is -2.04. The molecule has 0 saturated carbocycles. The van der Waals surface area contributed by atoms with Crippen molar-refractivity contribution in [3.8, 4) is 5.75 Å². The molecule has 1 aromatic carbocycles. The van der Waals surface area contributed by atoms with Gasteiger partial charge in [-0.1, -0.05) is 25.1 Å². The first kappa shape index (κ1) is 18.3. The molecule has 2 amide bonds. The summed E-state index contributed by atoms with van der Waals surface area (Å²) in [5.74, 6) is 0.724. The molecule has 5 nitrogen and oxygen atoms in total. The monoisotopic (exact) mass is 332 g/mol. The third kappa shape index (κ3) is 4.28. The Labute approximate surface area is 144 Å². The molecule has 1 heterocycles. The van der Waals surface area contributed by atoms with Gasteiger partial charge in [0.1, 0.15) is 5.75 Å². The normalized spacial score (nSPS) is 18.8. The number of hydrogen-bond acceptors (Lipinski definition) is 3. The van der Waals surface area contributed by atoms with Crippen molar-refractivity contribution in [3.63, 3.8) is 0 Å². The summed E-state index contributed by atoms with van der Waals surface area (Å²) >= 11 is 0. The summed E-state index contributed by atoms with van der Waals surface area (Å²) in [6, 6.07) is 7.72. The summed E-state index contributed by atoms with van der Waals surface area (Å²) in [5.41, 5.74) is 1.02. The van der Waals surface area contributed by atoms with E-state index in [4.69, 9.17) is 4.74 Å². The number of ether oxygens (including phenoxy) is 1. The molecular formula is C19H28N2O3. The molecule has 5 heteroatoms. The minimum absolute atomic E-state index is 0.0167. The molecule has 2 rings (SSSR count). The van der Waals surface area contributed by atoms with Crippen LogP contribution in [0.4, 0.5) is 0 Å². The third-order valence-corrected chi connectivity index (χ3v) is 4.53. The van der Waals surface area contributed by atoms with Gasteiger partial charge in [0.05, 0.1) is 5.92 Å². The Bertz CT molecular complexity index is 586. The molecule has 0 aliphatic carbocycles.